The molecule has 0 aromatic carbocycles. The molecule has 2 aromatic rings. The van der Waals surface area contributed by atoms with Crippen LogP contribution in [-0.4, -0.2) is 16.2 Å². The summed E-state index contributed by atoms with van der Waals surface area (Å²) in [5.41, 5.74) is 3.99. The molecule has 1 N–H and O–H groups in total. The Hall–Kier alpha value is -1.65. The average Bonchev–Trinajstić information content (AvgIpc) is 2.93. The quantitative estimate of drug-likeness (QED) is 0.541. The minimum atomic E-state index is -2.47. The van der Waals surface area contributed by atoms with Gasteiger partial charge in [-0.3, -0.25) is 9.66 Å². The standard InChI is InChI=1S/C18H27F2N3/c1-2-3-4-5-6-7-8-9-11-22-23-14-16(18(19)20)15-10-12-21-13-17(15)23/h10,12-14,18,22H,2-9,11H2,1H3. The SMILES string of the molecule is CCCCCCCCCCNn1cc(C(F)F)c2ccncc21. The van der Waals surface area contributed by atoms with Gasteiger partial charge in [-0.05, 0) is 12.5 Å². The summed E-state index contributed by atoms with van der Waals surface area (Å²) >= 11 is 0. The molecule has 0 unspecified atom stereocenters. The van der Waals surface area contributed by atoms with Gasteiger partial charge < -0.3 is 5.43 Å². The molecule has 0 saturated heterocycles. The van der Waals surface area contributed by atoms with Crippen molar-refractivity contribution in [1.82, 2.24) is 9.66 Å². The highest BCUT2D eigenvalue weighted by Gasteiger charge is 2.15. The molecular weight excluding hydrogens is 296 g/mol. The van der Waals surface area contributed by atoms with E-state index in [2.05, 4.69) is 17.3 Å². The summed E-state index contributed by atoms with van der Waals surface area (Å²) in [5.74, 6) is 0. The molecule has 0 radical (unpaired) electrons. The Kier molecular flexibility index (Phi) is 7.30. The number of alkyl halides is 2. The lowest BCUT2D eigenvalue weighted by Crippen LogP contribution is -2.14. The van der Waals surface area contributed by atoms with Gasteiger partial charge >= 0.3 is 0 Å². The minimum Gasteiger partial charge on any atom is -0.326 e. The van der Waals surface area contributed by atoms with Crippen LogP contribution < -0.4 is 5.43 Å². The molecule has 128 valence electrons. The third-order valence-corrected chi connectivity index (χ3v) is 4.19. The zero-order valence-corrected chi connectivity index (χ0v) is 13.9. The van der Waals surface area contributed by atoms with Crippen LogP contribution in [0.4, 0.5) is 8.78 Å². The maximum Gasteiger partial charge on any atom is 0.265 e. The topological polar surface area (TPSA) is 29.9 Å². The Morgan fingerprint density at radius 3 is 2.48 bits per heavy atom. The zero-order valence-electron chi connectivity index (χ0n) is 13.9. The van der Waals surface area contributed by atoms with Crippen LogP contribution in [0.15, 0.2) is 24.7 Å². The number of nitrogens with one attached hydrogen (secondary N) is 1. The normalized spacial score (nSPS) is 11.5. The molecule has 23 heavy (non-hydrogen) atoms. The van der Waals surface area contributed by atoms with Crippen molar-refractivity contribution in [1.29, 1.82) is 0 Å². The van der Waals surface area contributed by atoms with E-state index in [4.69, 9.17) is 0 Å². The summed E-state index contributed by atoms with van der Waals surface area (Å²) in [5, 5.41) is 0.568. The predicted molar refractivity (Wildman–Crippen MR) is 91.5 cm³/mol. The van der Waals surface area contributed by atoms with Crippen LogP contribution in [0.2, 0.25) is 0 Å². The maximum atomic E-state index is 13.1. The molecule has 2 aromatic heterocycles. The molecule has 0 saturated carbocycles. The smallest absolute Gasteiger partial charge is 0.265 e. The summed E-state index contributed by atoms with van der Waals surface area (Å²) in [6.07, 6.45) is 12.3. The monoisotopic (exact) mass is 323 g/mol. The summed E-state index contributed by atoms with van der Waals surface area (Å²) in [7, 11) is 0. The molecule has 2 heterocycles. The van der Waals surface area contributed by atoms with Gasteiger partial charge in [0.1, 0.15) is 0 Å². The Bertz CT molecular complexity index is 581. The summed E-state index contributed by atoms with van der Waals surface area (Å²) < 4.78 is 27.8. The van der Waals surface area contributed by atoms with E-state index in [1.54, 1.807) is 23.1 Å². The Balaban J connectivity index is 1.75. The van der Waals surface area contributed by atoms with Gasteiger partial charge in [0.2, 0.25) is 0 Å². The Morgan fingerprint density at radius 1 is 1.09 bits per heavy atom. The largest absolute Gasteiger partial charge is 0.326 e. The molecular formula is C18H27F2N3. The fraction of sp³-hybridized carbons (Fsp3) is 0.611. The number of halogens is 2. The molecule has 5 heteroatoms. The number of pyridine rings is 1. The number of hydrogen-bond acceptors (Lipinski definition) is 2. The van der Waals surface area contributed by atoms with Crippen molar-refractivity contribution >= 4 is 10.9 Å². The lowest BCUT2D eigenvalue weighted by molar-refractivity contribution is 0.153. The molecule has 0 amide bonds. The summed E-state index contributed by atoms with van der Waals surface area (Å²) in [6.45, 7) is 3.02. The van der Waals surface area contributed by atoms with Gasteiger partial charge in [0, 0.05) is 29.9 Å². The highest BCUT2D eigenvalue weighted by molar-refractivity contribution is 5.83. The molecule has 0 atom stereocenters. The van der Waals surface area contributed by atoms with E-state index in [-0.39, 0.29) is 5.56 Å². The number of rotatable bonds is 11. The molecule has 0 aliphatic carbocycles. The first-order valence-electron chi connectivity index (χ1n) is 8.71. The molecule has 2 rings (SSSR count). The van der Waals surface area contributed by atoms with Crippen molar-refractivity contribution < 1.29 is 8.78 Å². The second-order valence-electron chi connectivity index (χ2n) is 6.03. The van der Waals surface area contributed by atoms with E-state index >= 15 is 0 Å². The number of fused-ring (bicyclic) bond motifs is 1. The molecule has 0 fully saturated rings. The van der Waals surface area contributed by atoms with Gasteiger partial charge in [0.25, 0.3) is 6.43 Å². The van der Waals surface area contributed by atoms with Crippen LogP contribution in [0.3, 0.4) is 0 Å². The van der Waals surface area contributed by atoms with E-state index in [0.717, 1.165) is 13.0 Å². The van der Waals surface area contributed by atoms with Crippen molar-refractivity contribution in [2.45, 2.75) is 64.7 Å². The van der Waals surface area contributed by atoms with Gasteiger partial charge in [-0.25, -0.2) is 8.78 Å². The fourth-order valence-electron chi connectivity index (χ4n) is 2.86. The Morgan fingerprint density at radius 2 is 1.78 bits per heavy atom. The summed E-state index contributed by atoms with van der Waals surface area (Å²) in [4.78, 5) is 4.03. The first kappa shape index (κ1) is 17.7. The van der Waals surface area contributed by atoms with Crippen molar-refractivity contribution in [2.75, 3.05) is 12.0 Å². The molecule has 0 aliphatic rings. The van der Waals surface area contributed by atoms with E-state index in [1.807, 2.05) is 0 Å². The number of aromatic nitrogens is 2. The van der Waals surface area contributed by atoms with Crippen LogP contribution >= 0.6 is 0 Å². The zero-order chi connectivity index (χ0) is 16.5. The van der Waals surface area contributed by atoms with Crippen LogP contribution in [0, 0.1) is 0 Å². The molecule has 0 aliphatic heterocycles. The highest BCUT2D eigenvalue weighted by atomic mass is 19.3. The van der Waals surface area contributed by atoms with Crippen molar-refractivity contribution in [2.24, 2.45) is 0 Å². The summed E-state index contributed by atoms with van der Waals surface area (Å²) in [6, 6.07) is 1.64. The van der Waals surface area contributed by atoms with E-state index in [0.29, 0.717) is 10.9 Å². The molecule has 0 spiro atoms. The lowest BCUT2D eigenvalue weighted by Gasteiger charge is -2.09. The minimum absolute atomic E-state index is 0.0609. The first-order chi connectivity index (χ1) is 11.2. The third kappa shape index (κ3) is 5.19. The van der Waals surface area contributed by atoms with Gasteiger partial charge in [-0.15, -0.1) is 0 Å². The number of nitrogens with zero attached hydrogens (tertiary/aromatic N) is 2. The average molecular weight is 323 g/mol. The number of unbranched alkanes of at least 4 members (excludes halogenated alkanes) is 7. The van der Waals surface area contributed by atoms with Gasteiger partial charge in [0.15, 0.2) is 0 Å². The third-order valence-electron chi connectivity index (χ3n) is 4.19. The van der Waals surface area contributed by atoms with Crippen LogP contribution in [-0.2, 0) is 0 Å². The fourth-order valence-corrected chi connectivity index (χ4v) is 2.86. The van der Waals surface area contributed by atoms with Crippen LogP contribution in [0.5, 0.6) is 0 Å². The first-order valence-corrected chi connectivity index (χ1v) is 8.71. The lowest BCUT2D eigenvalue weighted by atomic mass is 10.1. The van der Waals surface area contributed by atoms with Crippen molar-refractivity contribution in [3.63, 3.8) is 0 Å². The van der Waals surface area contributed by atoms with Crippen molar-refractivity contribution in [3.8, 4) is 0 Å². The van der Waals surface area contributed by atoms with E-state index in [9.17, 15) is 8.78 Å². The predicted octanol–water partition coefficient (Wildman–Crippen LogP) is 5.66. The van der Waals surface area contributed by atoms with E-state index < -0.39 is 6.43 Å². The van der Waals surface area contributed by atoms with Gasteiger partial charge in [-0.1, -0.05) is 51.9 Å². The number of hydrogen-bond donors (Lipinski definition) is 1. The van der Waals surface area contributed by atoms with E-state index in [1.165, 1.54) is 51.1 Å². The van der Waals surface area contributed by atoms with Gasteiger partial charge in [0.05, 0.1) is 11.7 Å². The molecule has 3 nitrogen and oxygen atoms in total. The van der Waals surface area contributed by atoms with Gasteiger partial charge in [-0.2, -0.15) is 0 Å². The Labute approximate surface area is 137 Å². The maximum absolute atomic E-state index is 13.1. The molecule has 0 bridgehead atoms. The van der Waals surface area contributed by atoms with Crippen LogP contribution in [0.25, 0.3) is 10.9 Å². The second-order valence-corrected chi connectivity index (χ2v) is 6.03. The van der Waals surface area contributed by atoms with Crippen molar-refractivity contribution in [3.05, 3.63) is 30.2 Å². The second kappa shape index (κ2) is 9.48. The highest BCUT2D eigenvalue weighted by Crippen LogP contribution is 2.28. The van der Waals surface area contributed by atoms with Crippen LogP contribution in [0.1, 0.15) is 70.3 Å².